The van der Waals surface area contributed by atoms with Crippen LogP contribution in [0.25, 0.3) is 22.3 Å². The monoisotopic (exact) mass is 327 g/mol. The lowest BCUT2D eigenvalue weighted by Crippen LogP contribution is -2.12. The van der Waals surface area contributed by atoms with Crippen LogP contribution in [0.5, 0.6) is 0 Å². The molecule has 3 rings (SSSR count). The van der Waals surface area contributed by atoms with E-state index in [1.165, 1.54) is 0 Å². The predicted octanol–water partition coefficient (Wildman–Crippen LogP) is 3.16. The average Bonchev–Trinajstić information content (AvgIpc) is 2.46. The van der Waals surface area contributed by atoms with Crippen LogP contribution in [0.4, 0.5) is 0 Å². The highest BCUT2D eigenvalue weighted by Crippen LogP contribution is 2.23. The van der Waals surface area contributed by atoms with Gasteiger partial charge < -0.3 is 5.73 Å². The van der Waals surface area contributed by atoms with Gasteiger partial charge in [-0.1, -0.05) is 34.1 Å². The van der Waals surface area contributed by atoms with Crippen LogP contribution in [0.2, 0.25) is 0 Å². The van der Waals surface area contributed by atoms with Crippen molar-refractivity contribution in [3.8, 4) is 11.3 Å². The highest BCUT2D eigenvalue weighted by atomic mass is 79.9. The molecular weight excluding hydrogens is 318 g/mol. The van der Waals surface area contributed by atoms with Crippen molar-refractivity contribution in [2.75, 3.05) is 0 Å². The zero-order chi connectivity index (χ0) is 14.1. The van der Waals surface area contributed by atoms with Gasteiger partial charge in [0.1, 0.15) is 5.52 Å². The summed E-state index contributed by atoms with van der Waals surface area (Å²) in [6.07, 6.45) is 1.69. The highest BCUT2D eigenvalue weighted by Gasteiger charge is 2.10. The molecule has 0 radical (unpaired) electrons. The molecule has 98 valence electrons. The number of rotatable bonds is 2. The quantitative estimate of drug-likeness (QED) is 0.786. The number of nitrogens with two attached hydrogens (primary N) is 1. The van der Waals surface area contributed by atoms with Gasteiger partial charge in [0.05, 0.1) is 23.0 Å². The van der Waals surface area contributed by atoms with Crippen LogP contribution in [0.1, 0.15) is 10.4 Å². The van der Waals surface area contributed by atoms with Crippen LogP contribution >= 0.6 is 15.9 Å². The van der Waals surface area contributed by atoms with E-state index in [0.717, 1.165) is 10.0 Å². The predicted molar refractivity (Wildman–Crippen MR) is 81.2 cm³/mol. The van der Waals surface area contributed by atoms with Gasteiger partial charge in [-0.05, 0) is 24.3 Å². The number of hydrogen-bond donors (Lipinski definition) is 1. The largest absolute Gasteiger partial charge is 0.366 e. The molecule has 0 spiro atoms. The van der Waals surface area contributed by atoms with E-state index in [4.69, 9.17) is 5.73 Å². The number of aromatic nitrogens is 2. The van der Waals surface area contributed by atoms with Crippen molar-refractivity contribution in [3.05, 3.63) is 58.7 Å². The molecule has 0 aliphatic heterocycles. The lowest BCUT2D eigenvalue weighted by Gasteiger charge is -2.05. The molecule has 5 heteroatoms. The minimum atomic E-state index is -0.503. The standard InChI is InChI=1S/C15H10BrN3O/c16-10-4-1-3-9(7-10)13-8-18-12-6-2-5-11(15(17)20)14(12)19-13/h1-8H,(H2,17,20). The Kier molecular flexibility index (Phi) is 3.20. The topological polar surface area (TPSA) is 68.9 Å². The second-order valence-corrected chi connectivity index (χ2v) is 5.22. The Bertz CT molecular complexity index is 817. The average molecular weight is 328 g/mol. The maximum Gasteiger partial charge on any atom is 0.250 e. The fourth-order valence-corrected chi connectivity index (χ4v) is 2.42. The fourth-order valence-electron chi connectivity index (χ4n) is 2.02. The van der Waals surface area contributed by atoms with Crippen molar-refractivity contribution in [2.24, 2.45) is 5.73 Å². The Morgan fingerprint density at radius 2 is 1.95 bits per heavy atom. The number of amides is 1. The van der Waals surface area contributed by atoms with Crippen LogP contribution in [0.15, 0.2) is 53.1 Å². The van der Waals surface area contributed by atoms with Crippen molar-refractivity contribution in [1.82, 2.24) is 9.97 Å². The smallest absolute Gasteiger partial charge is 0.250 e. The van der Waals surface area contributed by atoms with Crippen molar-refractivity contribution >= 4 is 32.9 Å². The first kappa shape index (κ1) is 12.7. The van der Waals surface area contributed by atoms with E-state index in [1.54, 1.807) is 24.4 Å². The van der Waals surface area contributed by atoms with E-state index < -0.39 is 5.91 Å². The van der Waals surface area contributed by atoms with E-state index in [2.05, 4.69) is 25.9 Å². The molecule has 20 heavy (non-hydrogen) atoms. The van der Waals surface area contributed by atoms with E-state index in [-0.39, 0.29) is 0 Å². The molecule has 1 heterocycles. The summed E-state index contributed by atoms with van der Waals surface area (Å²) in [5, 5.41) is 0. The van der Waals surface area contributed by atoms with Gasteiger partial charge in [-0.25, -0.2) is 4.98 Å². The number of halogens is 1. The number of carbonyl (C=O) groups excluding carboxylic acids is 1. The maximum absolute atomic E-state index is 11.5. The molecule has 1 amide bonds. The summed E-state index contributed by atoms with van der Waals surface area (Å²) in [7, 11) is 0. The minimum absolute atomic E-state index is 0.381. The first-order valence-electron chi connectivity index (χ1n) is 5.96. The molecule has 0 unspecified atom stereocenters. The normalized spacial score (nSPS) is 10.7. The van der Waals surface area contributed by atoms with Crippen molar-refractivity contribution < 1.29 is 4.79 Å². The van der Waals surface area contributed by atoms with Gasteiger partial charge in [-0.15, -0.1) is 0 Å². The number of hydrogen-bond acceptors (Lipinski definition) is 3. The maximum atomic E-state index is 11.5. The second-order valence-electron chi connectivity index (χ2n) is 4.30. The Labute approximate surface area is 123 Å². The number of fused-ring (bicyclic) bond motifs is 1. The SMILES string of the molecule is NC(=O)c1cccc2ncc(-c3cccc(Br)c3)nc12. The number of carbonyl (C=O) groups is 1. The van der Waals surface area contributed by atoms with E-state index >= 15 is 0 Å². The molecule has 1 aromatic heterocycles. The summed E-state index contributed by atoms with van der Waals surface area (Å²) in [4.78, 5) is 20.3. The zero-order valence-electron chi connectivity index (χ0n) is 10.4. The first-order valence-corrected chi connectivity index (χ1v) is 6.76. The number of para-hydroxylation sites is 1. The van der Waals surface area contributed by atoms with Crippen LogP contribution in [-0.4, -0.2) is 15.9 Å². The summed E-state index contributed by atoms with van der Waals surface area (Å²) in [6, 6.07) is 13.0. The molecule has 0 saturated heterocycles. The third-order valence-corrected chi connectivity index (χ3v) is 3.45. The third kappa shape index (κ3) is 2.28. The lowest BCUT2D eigenvalue weighted by atomic mass is 10.1. The first-order chi connectivity index (χ1) is 9.65. The van der Waals surface area contributed by atoms with Gasteiger partial charge in [-0.2, -0.15) is 0 Å². The number of benzene rings is 2. The zero-order valence-corrected chi connectivity index (χ0v) is 12.0. The highest BCUT2D eigenvalue weighted by molar-refractivity contribution is 9.10. The minimum Gasteiger partial charge on any atom is -0.366 e. The Hall–Kier alpha value is -2.27. The Morgan fingerprint density at radius 1 is 1.15 bits per heavy atom. The summed E-state index contributed by atoms with van der Waals surface area (Å²) in [6.45, 7) is 0. The molecule has 4 nitrogen and oxygen atoms in total. The van der Waals surface area contributed by atoms with Gasteiger partial charge in [0.15, 0.2) is 0 Å². The number of primary amides is 1. The van der Waals surface area contributed by atoms with Crippen LogP contribution in [0, 0.1) is 0 Å². The van der Waals surface area contributed by atoms with Crippen molar-refractivity contribution in [2.45, 2.75) is 0 Å². The van der Waals surface area contributed by atoms with Crippen LogP contribution < -0.4 is 5.73 Å². The molecule has 0 bridgehead atoms. The summed E-state index contributed by atoms with van der Waals surface area (Å²) >= 11 is 3.42. The van der Waals surface area contributed by atoms with Crippen LogP contribution in [-0.2, 0) is 0 Å². The van der Waals surface area contributed by atoms with Gasteiger partial charge in [0, 0.05) is 10.0 Å². The molecule has 0 fully saturated rings. The van der Waals surface area contributed by atoms with Crippen molar-refractivity contribution in [1.29, 1.82) is 0 Å². The molecular formula is C15H10BrN3O. The molecule has 0 atom stereocenters. The molecule has 0 aliphatic rings. The van der Waals surface area contributed by atoms with Gasteiger partial charge in [0.2, 0.25) is 0 Å². The van der Waals surface area contributed by atoms with E-state index in [1.807, 2.05) is 24.3 Å². The number of nitrogens with zero attached hydrogens (tertiary/aromatic N) is 2. The molecule has 3 aromatic rings. The summed E-state index contributed by atoms with van der Waals surface area (Å²) in [5.41, 5.74) is 8.56. The lowest BCUT2D eigenvalue weighted by molar-refractivity contribution is 0.100. The van der Waals surface area contributed by atoms with Crippen molar-refractivity contribution in [3.63, 3.8) is 0 Å². The Balaban J connectivity index is 2.24. The fraction of sp³-hybridized carbons (Fsp3) is 0. The molecule has 2 N–H and O–H groups in total. The van der Waals surface area contributed by atoms with E-state index in [0.29, 0.717) is 22.3 Å². The Morgan fingerprint density at radius 3 is 2.70 bits per heavy atom. The second kappa shape index (κ2) is 5.02. The van der Waals surface area contributed by atoms with E-state index in [9.17, 15) is 4.79 Å². The third-order valence-electron chi connectivity index (χ3n) is 2.96. The van der Waals surface area contributed by atoms with Crippen LogP contribution in [0.3, 0.4) is 0 Å². The van der Waals surface area contributed by atoms with Gasteiger partial charge in [0.25, 0.3) is 5.91 Å². The van der Waals surface area contributed by atoms with Gasteiger partial charge >= 0.3 is 0 Å². The summed E-state index contributed by atoms with van der Waals surface area (Å²) in [5.74, 6) is -0.503. The molecule has 2 aromatic carbocycles. The molecule has 0 aliphatic carbocycles. The summed E-state index contributed by atoms with van der Waals surface area (Å²) < 4.78 is 0.958. The molecule has 0 saturated carbocycles. The van der Waals surface area contributed by atoms with Gasteiger partial charge in [-0.3, -0.25) is 9.78 Å².